The number of halogens is 3. The SMILES string of the molecule is Cc1ccc(C(=O)NC2CCN(C(=O)CNc3cccc(C(F)(F)F)c3)CC2)o1. The molecule has 2 aromatic rings. The first kappa shape index (κ1) is 20.8. The second kappa shape index (κ2) is 8.59. The van der Waals surface area contributed by atoms with Crippen LogP contribution in [-0.4, -0.2) is 42.4 Å². The lowest BCUT2D eigenvalue weighted by molar-refractivity contribution is -0.137. The molecule has 1 aliphatic heterocycles. The number of benzene rings is 1. The van der Waals surface area contributed by atoms with E-state index < -0.39 is 11.7 Å². The van der Waals surface area contributed by atoms with Crippen LogP contribution in [-0.2, 0) is 11.0 Å². The Bertz CT molecular complexity index is 871. The zero-order valence-electron chi connectivity index (χ0n) is 15.9. The number of nitrogens with one attached hydrogen (secondary N) is 2. The van der Waals surface area contributed by atoms with Crippen LogP contribution in [0.1, 0.15) is 34.7 Å². The molecule has 0 saturated carbocycles. The fourth-order valence-corrected chi connectivity index (χ4v) is 3.18. The zero-order valence-corrected chi connectivity index (χ0v) is 15.9. The van der Waals surface area contributed by atoms with Gasteiger partial charge in [-0.15, -0.1) is 0 Å². The van der Waals surface area contributed by atoms with Gasteiger partial charge in [-0.25, -0.2) is 0 Å². The average Bonchev–Trinajstić information content (AvgIpc) is 3.13. The van der Waals surface area contributed by atoms with Gasteiger partial charge in [0.1, 0.15) is 5.76 Å². The summed E-state index contributed by atoms with van der Waals surface area (Å²) < 4.78 is 43.6. The monoisotopic (exact) mass is 409 g/mol. The Morgan fingerprint density at radius 2 is 1.90 bits per heavy atom. The predicted octanol–water partition coefficient (Wildman–Crippen LogP) is 3.44. The summed E-state index contributed by atoms with van der Waals surface area (Å²) in [5.74, 6) is 0.429. The van der Waals surface area contributed by atoms with Crippen LogP contribution in [0.5, 0.6) is 0 Å². The van der Waals surface area contributed by atoms with Gasteiger partial charge >= 0.3 is 6.18 Å². The molecule has 2 amide bonds. The highest BCUT2D eigenvalue weighted by molar-refractivity contribution is 5.91. The first-order valence-electron chi connectivity index (χ1n) is 9.28. The number of nitrogens with zero attached hydrogens (tertiary/aromatic N) is 1. The highest BCUT2D eigenvalue weighted by Crippen LogP contribution is 2.30. The van der Waals surface area contributed by atoms with Crippen LogP contribution in [0.4, 0.5) is 18.9 Å². The van der Waals surface area contributed by atoms with E-state index >= 15 is 0 Å². The number of hydrogen-bond donors (Lipinski definition) is 2. The summed E-state index contributed by atoms with van der Waals surface area (Å²) >= 11 is 0. The standard InChI is InChI=1S/C20H22F3N3O3/c1-13-5-6-17(29-13)19(28)25-15-7-9-26(10-8-15)18(27)12-24-16-4-2-3-14(11-16)20(21,22)23/h2-6,11,15,24H,7-10,12H2,1H3,(H,25,28). The Morgan fingerprint density at radius 1 is 1.17 bits per heavy atom. The van der Waals surface area contributed by atoms with Crippen molar-refractivity contribution in [3.63, 3.8) is 0 Å². The lowest BCUT2D eigenvalue weighted by Gasteiger charge is -2.32. The van der Waals surface area contributed by atoms with E-state index in [-0.39, 0.29) is 35.8 Å². The number of aryl methyl sites for hydroxylation is 1. The molecule has 1 aliphatic rings. The van der Waals surface area contributed by atoms with Crippen LogP contribution in [0.3, 0.4) is 0 Å². The van der Waals surface area contributed by atoms with Crippen molar-refractivity contribution in [1.29, 1.82) is 0 Å². The van der Waals surface area contributed by atoms with Crippen molar-refractivity contribution in [3.8, 4) is 0 Å². The lowest BCUT2D eigenvalue weighted by atomic mass is 10.0. The van der Waals surface area contributed by atoms with Crippen molar-refractivity contribution < 1.29 is 27.2 Å². The summed E-state index contributed by atoms with van der Waals surface area (Å²) in [6, 6.07) is 8.01. The molecule has 3 rings (SSSR count). The van der Waals surface area contributed by atoms with E-state index in [1.165, 1.54) is 12.1 Å². The molecular weight excluding hydrogens is 387 g/mol. The highest BCUT2D eigenvalue weighted by atomic mass is 19.4. The number of piperidine rings is 1. The third-order valence-electron chi connectivity index (χ3n) is 4.78. The van der Waals surface area contributed by atoms with Crippen molar-refractivity contribution in [2.24, 2.45) is 0 Å². The number of hydrogen-bond acceptors (Lipinski definition) is 4. The van der Waals surface area contributed by atoms with Gasteiger partial charge in [0.25, 0.3) is 5.91 Å². The van der Waals surface area contributed by atoms with Crippen LogP contribution in [0.25, 0.3) is 0 Å². The lowest BCUT2D eigenvalue weighted by Crippen LogP contribution is -2.47. The Balaban J connectivity index is 1.45. The van der Waals surface area contributed by atoms with Gasteiger partial charge in [0.2, 0.25) is 5.91 Å². The predicted molar refractivity (Wildman–Crippen MR) is 100 cm³/mol. The third-order valence-corrected chi connectivity index (χ3v) is 4.78. The van der Waals surface area contributed by atoms with Gasteiger partial charge in [-0.2, -0.15) is 13.2 Å². The second-order valence-corrected chi connectivity index (χ2v) is 6.97. The maximum atomic E-state index is 12.8. The van der Waals surface area contributed by atoms with E-state index in [0.717, 1.165) is 12.1 Å². The molecule has 1 aromatic heterocycles. The van der Waals surface area contributed by atoms with Gasteiger partial charge in [-0.1, -0.05) is 6.07 Å². The Morgan fingerprint density at radius 3 is 2.52 bits per heavy atom. The fraction of sp³-hybridized carbons (Fsp3) is 0.400. The maximum Gasteiger partial charge on any atom is 0.416 e. The smallest absolute Gasteiger partial charge is 0.416 e. The first-order valence-corrected chi connectivity index (χ1v) is 9.28. The summed E-state index contributed by atoms with van der Waals surface area (Å²) in [4.78, 5) is 26.1. The van der Waals surface area contributed by atoms with Gasteiger partial charge < -0.3 is 20.0 Å². The minimum atomic E-state index is -4.43. The number of rotatable bonds is 5. The van der Waals surface area contributed by atoms with Crippen molar-refractivity contribution >= 4 is 17.5 Å². The van der Waals surface area contributed by atoms with Gasteiger partial charge in [0.15, 0.2) is 5.76 Å². The molecular formula is C20H22F3N3O3. The van der Waals surface area contributed by atoms with E-state index in [9.17, 15) is 22.8 Å². The molecule has 9 heteroatoms. The average molecular weight is 409 g/mol. The van der Waals surface area contributed by atoms with Gasteiger partial charge in [-0.05, 0) is 50.1 Å². The van der Waals surface area contributed by atoms with E-state index in [2.05, 4.69) is 10.6 Å². The summed E-state index contributed by atoms with van der Waals surface area (Å²) in [5.41, 5.74) is -0.526. The van der Waals surface area contributed by atoms with Gasteiger partial charge in [-0.3, -0.25) is 9.59 Å². The molecule has 0 atom stereocenters. The quantitative estimate of drug-likeness (QED) is 0.794. The normalized spacial score (nSPS) is 15.2. The number of likely N-dealkylation sites (tertiary alicyclic amines) is 1. The number of carbonyl (C=O) groups is 2. The van der Waals surface area contributed by atoms with E-state index in [1.54, 1.807) is 24.0 Å². The van der Waals surface area contributed by atoms with Gasteiger partial charge in [0, 0.05) is 24.8 Å². The highest BCUT2D eigenvalue weighted by Gasteiger charge is 2.30. The van der Waals surface area contributed by atoms with Crippen LogP contribution in [0, 0.1) is 6.92 Å². The summed E-state index contributed by atoms with van der Waals surface area (Å²) in [6.07, 6.45) is -3.23. The molecule has 0 unspecified atom stereocenters. The third kappa shape index (κ3) is 5.52. The van der Waals surface area contributed by atoms with Crippen LogP contribution in [0.2, 0.25) is 0 Å². The Labute approximate surface area is 166 Å². The molecule has 0 bridgehead atoms. The van der Waals surface area contributed by atoms with Crippen LogP contribution >= 0.6 is 0 Å². The Hall–Kier alpha value is -2.97. The number of carbonyl (C=O) groups excluding carboxylic acids is 2. The zero-order chi connectivity index (χ0) is 21.0. The summed E-state index contributed by atoms with van der Waals surface area (Å²) in [6.45, 7) is 2.59. The van der Waals surface area contributed by atoms with Crippen molar-refractivity contribution in [1.82, 2.24) is 10.2 Å². The van der Waals surface area contributed by atoms with Gasteiger partial charge in [0.05, 0.1) is 12.1 Å². The van der Waals surface area contributed by atoms with E-state index in [4.69, 9.17) is 4.42 Å². The molecule has 2 N–H and O–H groups in total. The molecule has 6 nitrogen and oxygen atoms in total. The van der Waals surface area contributed by atoms with E-state index in [0.29, 0.717) is 31.7 Å². The van der Waals surface area contributed by atoms with Crippen LogP contribution in [0.15, 0.2) is 40.8 Å². The molecule has 0 aliphatic carbocycles. The van der Waals surface area contributed by atoms with Crippen molar-refractivity contribution in [2.75, 3.05) is 25.0 Å². The van der Waals surface area contributed by atoms with Crippen molar-refractivity contribution in [2.45, 2.75) is 32.0 Å². The molecule has 2 heterocycles. The first-order chi connectivity index (χ1) is 13.7. The number of alkyl halides is 3. The number of anilines is 1. The summed E-state index contributed by atoms with van der Waals surface area (Å²) in [5, 5.41) is 5.64. The largest absolute Gasteiger partial charge is 0.456 e. The Kier molecular flexibility index (Phi) is 6.14. The van der Waals surface area contributed by atoms with E-state index in [1.807, 2.05) is 0 Å². The fourth-order valence-electron chi connectivity index (χ4n) is 3.18. The molecule has 1 aromatic carbocycles. The number of furan rings is 1. The summed E-state index contributed by atoms with van der Waals surface area (Å²) in [7, 11) is 0. The molecule has 0 radical (unpaired) electrons. The second-order valence-electron chi connectivity index (χ2n) is 6.97. The van der Waals surface area contributed by atoms with Crippen LogP contribution < -0.4 is 10.6 Å². The maximum absolute atomic E-state index is 12.8. The van der Waals surface area contributed by atoms with Crippen molar-refractivity contribution in [3.05, 3.63) is 53.5 Å². The molecule has 29 heavy (non-hydrogen) atoms. The topological polar surface area (TPSA) is 74.6 Å². The molecule has 1 fully saturated rings. The minimum Gasteiger partial charge on any atom is -0.456 e. The minimum absolute atomic E-state index is 0.0617. The molecule has 156 valence electrons. The molecule has 0 spiro atoms. The molecule has 1 saturated heterocycles. The number of amides is 2.